The molecule has 1 heterocycles. The molecule has 1 aromatic heterocycles. The van der Waals surface area contributed by atoms with E-state index in [2.05, 4.69) is 27.2 Å². The van der Waals surface area contributed by atoms with E-state index in [4.69, 9.17) is 0 Å². The molecule has 29 heavy (non-hydrogen) atoms. The van der Waals surface area contributed by atoms with Crippen LogP contribution in [0, 0.1) is 0 Å². The second kappa shape index (κ2) is 8.50. The Balaban J connectivity index is 2.40. The predicted octanol–water partition coefficient (Wildman–Crippen LogP) is 4.60. The Bertz CT molecular complexity index is 862. The van der Waals surface area contributed by atoms with Crippen molar-refractivity contribution in [3.8, 4) is 0 Å². The van der Waals surface area contributed by atoms with Crippen molar-refractivity contribution in [1.29, 1.82) is 0 Å². The largest absolute Gasteiger partial charge is 0.416 e. The second-order valence-electron chi connectivity index (χ2n) is 5.95. The van der Waals surface area contributed by atoms with Crippen LogP contribution < -0.4 is 10.6 Å². The smallest absolute Gasteiger partial charge is 0.377 e. The van der Waals surface area contributed by atoms with Crippen molar-refractivity contribution in [2.75, 3.05) is 11.9 Å². The molecule has 1 amide bonds. The number of carbonyl (C=O) groups is 1. The van der Waals surface area contributed by atoms with Crippen molar-refractivity contribution in [3.63, 3.8) is 0 Å². The highest BCUT2D eigenvalue weighted by Crippen LogP contribution is 2.38. The lowest BCUT2D eigenvalue weighted by Crippen LogP contribution is -2.27. The maximum Gasteiger partial charge on any atom is 0.416 e. The van der Waals surface area contributed by atoms with E-state index in [0.29, 0.717) is 12.1 Å². The van der Waals surface area contributed by atoms with Crippen LogP contribution in [0.2, 0.25) is 0 Å². The van der Waals surface area contributed by atoms with Gasteiger partial charge in [0.25, 0.3) is 5.91 Å². The zero-order valence-corrected chi connectivity index (χ0v) is 15.0. The van der Waals surface area contributed by atoms with E-state index in [9.17, 15) is 31.1 Å². The average Bonchev–Trinajstić information content (AvgIpc) is 2.64. The molecule has 156 valence electrons. The van der Waals surface area contributed by atoms with Gasteiger partial charge in [-0.3, -0.25) is 9.78 Å². The summed E-state index contributed by atoms with van der Waals surface area (Å²) in [7, 11) is 0. The second-order valence-corrected chi connectivity index (χ2v) is 5.95. The molecule has 0 saturated carbocycles. The van der Waals surface area contributed by atoms with Crippen molar-refractivity contribution >= 4 is 11.6 Å². The van der Waals surface area contributed by atoms with Crippen LogP contribution in [0.25, 0.3) is 0 Å². The number of halogens is 6. The highest BCUT2D eigenvalue weighted by Gasteiger charge is 2.37. The highest BCUT2D eigenvalue weighted by atomic mass is 19.4. The number of hydrogen-bond acceptors (Lipinski definition) is 4. The quantitative estimate of drug-likeness (QED) is 0.532. The summed E-state index contributed by atoms with van der Waals surface area (Å²) in [4.78, 5) is 20.1. The number of alkyl halides is 6. The third-order valence-corrected chi connectivity index (χ3v) is 3.73. The van der Waals surface area contributed by atoms with Gasteiger partial charge in [-0.15, -0.1) is 6.58 Å². The molecule has 2 aromatic rings. The minimum atomic E-state index is -4.97. The van der Waals surface area contributed by atoms with Crippen LogP contribution in [0.15, 0.2) is 43.2 Å². The summed E-state index contributed by atoms with van der Waals surface area (Å²) in [6.45, 7) is 5.02. The highest BCUT2D eigenvalue weighted by molar-refractivity contribution is 5.93. The van der Waals surface area contributed by atoms with E-state index in [1.807, 2.05) is 0 Å². The number of nitrogens with one attached hydrogen (secondary N) is 2. The van der Waals surface area contributed by atoms with Gasteiger partial charge in [0, 0.05) is 24.6 Å². The standard InChI is InChI=1S/C18H16F6N4O/c1-3-4-27-16(29)15-14(25-5-6-26-15)10(2)28-13-8-11(17(19,20)21)7-12(9-13)18(22,23)24/h3,5-10,28H,1,4H2,2H3,(H,27,29). The van der Waals surface area contributed by atoms with Crippen molar-refractivity contribution in [1.82, 2.24) is 15.3 Å². The Hall–Kier alpha value is -3.11. The minimum absolute atomic E-state index is 0.0341. The zero-order valence-electron chi connectivity index (χ0n) is 15.0. The van der Waals surface area contributed by atoms with E-state index < -0.39 is 41.1 Å². The number of aromatic nitrogens is 2. The van der Waals surface area contributed by atoms with Crippen molar-refractivity contribution in [2.24, 2.45) is 0 Å². The number of rotatable bonds is 6. The van der Waals surface area contributed by atoms with Gasteiger partial charge in [-0.2, -0.15) is 26.3 Å². The van der Waals surface area contributed by atoms with Gasteiger partial charge in [0.2, 0.25) is 0 Å². The van der Waals surface area contributed by atoms with Gasteiger partial charge in [-0.1, -0.05) is 6.08 Å². The van der Waals surface area contributed by atoms with Crippen LogP contribution >= 0.6 is 0 Å². The molecule has 0 radical (unpaired) electrons. The van der Waals surface area contributed by atoms with Crippen molar-refractivity contribution in [2.45, 2.75) is 25.3 Å². The summed E-state index contributed by atoms with van der Waals surface area (Å²) < 4.78 is 78.0. The molecule has 0 spiro atoms. The molecule has 1 atom stereocenters. The summed E-state index contributed by atoms with van der Waals surface area (Å²) in [5.41, 5.74) is -3.39. The van der Waals surface area contributed by atoms with Gasteiger partial charge < -0.3 is 10.6 Å². The number of hydrogen-bond donors (Lipinski definition) is 2. The Morgan fingerprint density at radius 2 is 1.62 bits per heavy atom. The van der Waals surface area contributed by atoms with Crippen LogP contribution in [0.1, 0.15) is 40.3 Å². The lowest BCUT2D eigenvalue weighted by molar-refractivity contribution is -0.143. The Kier molecular flexibility index (Phi) is 6.50. The molecule has 1 unspecified atom stereocenters. The Morgan fingerprint density at radius 1 is 1.07 bits per heavy atom. The summed E-state index contributed by atoms with van der Waals surface area (Å²) in [6.07, 6.45) is -6.01. The molecule has 0 aliphatic carbocycles. The third-order valence-electron chi connectivity index (χ3n) is 3.73. The van der Waals surface area contributed by atoms with Crippen LogP contribution in [0.4, 0.5) is 32.0 Å². The van der Waals surface area contributed by atoms with Gasteiger partial charge in [0.15, 0.2) is 5.69 Å². The summed E-state index contributed by atoms with van der Waals surface area (Å²) in [5, 5.41) is 5.01. The summed E-state index contributed by atoms with van der Waals surface area (Å²) in [6, 6.07) is 0.226. The molecule has 2 N–H and O–H groups in total. The number of benzene rings is 1. The maximum absolute atomic E-state index is 13.0. The first kappa shape index (κ1) is 22.2. The van der Waals surface area contributed by atoms with E-state index >= 15 is 0 Å². The molecule has 0 bridgehead atoms. The lowest BCUT2D eigenvalue weighted by Gasteiger charge is -2.19. The Morgan fingerprint density at radius 3 is 2.14 bits per heavy atom. The molecule has 0 saturated heterocycles. The van der Waals surface area contributed by atoms with Gasteiger partial charge in [-0.25, -0.2) is 4.98 Å². The van der Waals surface area contributed by atoms with Crippen LogP contribution in [-0.2, 0) is 12.4 Å². The van der Waals surface area contributed by atoms with Crippen LogP contribution in [-0.4, -0.2) is 22.4 Å². The maximum atomic E-state index is 13.0. The predicted molar refractivity (Wildman–Crippen MR) is 93.0 cm³/mol. The first-order valence-electron chi connectivity index (χ1n) is 8.19. The third kappa shape index (κ3) is 5.69. The number of amides is 1. The van der Waals surface area contributed by atoms with Crippen LogP contribution in [0.3, 0.4) is 0 Å². The average molecular weight is 418 g/mol. The normalized spacial score (nSPS) is 12.9. The van der Waals surface area contributed by atoms with Crippen molar-refractivity contribution < 1.29 is 31.1 Å². The van der Waals surface area contributed by atoms with Gasteiger partial charge in [0.05, 0.1) is 22.9 Å². The topological polar surface area (TPSA) is 66.9 Å². The molecule has 11 heteroatoms. The molecule has 5 nitrogen and oxygen atoms in total. The van der Waals surface area contributed by atoms with Crippen molar-refractivity contribution in [3.05, 3.63) is 65.8 Å². The molecule has 2 rings (SSSR count). The molecule has 0 aliphatic heterocycles. The van der Waals surface area contributed by atoms with Gasteiger partial charge >= 0.3 is 12.4 Å². The fraction of sp³-hybridized carbons (Fsp3) is 0.278. The minimum Gasteiger partial charge on any atom is -0.377 e. The lowest BCUT2D eigenvalue weighted by atomic mass is 10.1. The molecule has 1 aromatic carbocycles. The summed E-state index contributed by atoms with van der Waals surface area (Å²) >= 11 is 0. The molecule has 0 aliphatic rings. The van der Waals surface area contributed by atoms with E-state index in [-0.39, 0.29) is 24.0 Å². The zero-order chi connectivity index (χ0) is 21.8. The monoisotopic (exact) mass is 418 g/mol. The number of nitrogens with zero attached hydrogens (tertiary/aromatic N) is 2. The molecular formula is C18H16F6N4O. The molecular weight excluding hydrogens is 402 g/mol. The van der Waals surface area contributed by atoms with Crippen LogP contribution in [0.5, 0.6) is 0 Å². The summed E-state index contributed by atoms with van der Waals surface area (Å²) in [5.74, 6) is -0.610. The fourth-order valence-corrected chi connectivity index (χ4v) is 2.45. The first-order valence-corrected chi connectivity index (χ1v) is 8.19. The Labute approximate surface area is 161 Å². The number of carbonyl (C=O) groups excluding carboxylic acids is 1. The van der Waals surface area contributed by atoms with E-state index in [1.54, 1.807) is 0 Å². The van der Waals surface area contributed by atoms with E-state index in [1.165, 1.54) is 25.4 Å². The first-order chi connectivity index (χ1) is 13.4. The van der Waals surface area contributed by atoms with Gasteiger partial charge in [-0.05, 0) is 25.1 Å². The van der Waals surface area contributed by atoms with Gasteiger partial charge in [0.1, 0.15) is 0 Å². The fourth-order valence-electron chi connectivity index (χ4n) is 2.45. The van der Waals surface area contributed by atoms with E-state index in [0.717, 1.165) is 0 Å². The number of anilines is 1. The molecule has 0 fully saturated rings. The SMILES string of the molecule is C=CCNC(=O)c1nccnc1C(C)Nc1cc(C(F)(F)F)cc(C(F)(F)F)c1.